The first-order valence-corrected chi connectivity index (χ1v) is 18.7. The third-order valence-electron chi connectivity index (χ3n) is 8.33. The van der Waals surface area contributed by atoms with E-state index in [2.05, 4.69) is 122 Å². The van der Waals surface area contributed by atoms with Crippen molar-refractivity contribution in [3.63, 3.8) is 0 Å². The summed E-state index contributed by atoms with van der Waals surface area (Å²) in [6.45, 7) is 2.08. The van der Waals surface area contributed by atoms with E-state index in [-0.39, 0.29) is 10.9 Å². The second-order valence-corrected chi connectivity index (χ2v) is 15.3. The highest BCUT2D eigenvalue weighted by atomic mass is 32.2. The molecule has 0 atom stereocenters. The molecule has 56 heavy (non-hydrogen) atoms. The summed E-state index contributed by atoms with van der Waals surface area (Å²) in [5.74, 6) is -15.0. The maximum absolute atomic E-state index is 12.2. The van der Waals surface area contributed by atoms with Crippen LogP contribution in [0.25, 0.3) is 16.8 Å². The summed E-state index contributed by atoms with van der Waals surface area (Å²) in [4.78, 5) is 3.64. The van der Waals surface area contributed by atoms with Gasteiger partial charge in [0, 0.05) is 25.2 Å². The zero-order valence-electron chi connectivity index (χ0n) is 29.8. The van der Waals surface area contributed by atoms with Gasteiger partial charge in [0.25, 0.3) is 0 Å². The lowest BCUT2D eigenvalue weighted by molar-refractivity contribution is -0.382. The van der Waals surface area contributed by atoms with Gasteiger partial charge in [0.2, 0.25) is 10.7 Å². The Hall–Kier alpha value is -4.55. The molecule has 0 aliphatic rings. The number of aryl methyl sites for hydroxylation is 1. The predicted molar refractivity (Wildman–Crippen MR) is 192 cm³/mol. The van der Waals surface area contributed by atoms with Crippen LogP contribution in [0, 0.1) is 6.92 Å². The van der Waals surface area contributed by atoms with Gasteiger partial charge < -0.3 is 18.8 Å². The fourth-order valence-corrected chi connectivity index (χ4v) is 8.11. The number of rotatable bonds is 12. The Morgan fingerprint density at radius 2 is 1.18 bits per heavy atom. The van der Waals surface area contributed by atoms with Gasteiger partial charge in [-0.25, -0.2) is 8.42 Å². The largest absolute Gasteiger partial charge is 0.743 e. The number of hydrogen-bond donors (Lipinski definition) is 0. The van der Waals surface area contributed by atoms with Crippen LogP contribution < -0.4 is 4.74 Å². The number of fused-ring (bicyclic) bond motifs is 1. The van der Waals surface area contributed by atoms with Crippen molar-refractivity contribution < 1.29 is 66.7 Å². The number of alkyl halides is 9. The smallest absolute Gasteiger partial charge is 0.460 e. The van der Waals surface area contributed by atoms with Crippen LogP contribution in [0.5, 0.6) is 5.75 Å². The lowest BCUT2D eigenvalue weighted by Crippen LogP contribution is -2.63. The molecular weight excluding hydrogens is 800 g/mol. The fourth-order valence-electron chi connectivity index (χ4n) is 5.31. The van der Waals surface area contributed by atoms with Gasteiger partial charge in [-0.3, -0.25) is 0 Å². The van der Waals surface area contributed by atoms with Crippen LogP contribution in [-0.4, -0.2) is 57.6 Å². The van der Waals surface area contributed by atoms with Crippen molar-refractivity contribution in [1.82, 2.24) is 0 Å². The van der Waals surface area contributed by atoms with E-state index in [4.69, 9.17) is 14.2 Å². The molecule has 0 saturated heterocycles. The van der Waals surface area contributed by atoms with E-state index in [0.717, 1.165) is 32.5 Å². The summed E-state index contributed by atoms with van der Waals surface area (Å²) in [7, 11) is -2.69. The van der Waals surface area contributed by atoms with Gasteiger partial charge in [-0.2, -0.15) is 39.5 Å². The molecule has 0 saturated carbocycles. The molecule has 0 fully saturated rings. The average molecular weight is 833 g/mol. The zero-order chi connectivity index (χ0) is 41.7. The van der Waals surface area contributed by atoms with Crippen LogP contribution in [0.2, 0.25) is 0 Å². The summed E-state index contributed by atoms with van der Waals surface area (Å²) in [5.41, 5.74) is 3.23. The van der Waals surface area contributed by atoms with Gasteiger partial charge in [-0.1, -0.05) is 84.4 Å². The van der Waals surface area contributed by atoms with E-state index in [1.165, 1.54) is 15.4 Å². The molecule has 6 nitrogen and oxygen atoms in total. The summed E-state index contributed by atoms with van der Waals surface area (Å²) >= 11 is 0. The van der Waals surface area contributed by atoms with E-state index in [0.29, 0.717) is 0 Å². The van der Waals surface area contributed by atoms with Crippen LogP contribution in [0.15, 0.2) is 136 Å². The van der Waals surface area contributed by atoms with E-state index in [1.54, 1.807) is 21.3 Å². The minimum atomic E-state index is -7.43. The average Bonchev–Trinajstić information content (AvgIpc) is 3.16. The molecule has 0 unspecified atom stereocenters. The molecule has 0 aromatic heterocycles. The molecule has 0 bridgehead atoms. The summed E-state index contributed by atoms with van der Waals surface area (Å²) in [5, 5.41) is -4.88. The third-order valence-corrected chi connectivity index (χ3v) is 11.5. The summed E-state index contributed by atoms with van der Waals surface area (Å²) in [6, 6.07) is 40.3. The zero-order valence-corrected chi connectivity index (χ0v) is 31.4. The normalized spacial score (nSPS) is 13.2. The van der Waals surface area contributed by atoms with Crippen LogP contribution in [0.3, 0.4) is 0 Å². The SMILES string of the molecule is COc1ccc2cc(C(C=Cc3ccc(C)cc3)(OC)OC)ccc2c1[S+](c1ccccc1)c1ccccc1.O=S(=O)([O-])C(F)(F)C(F)(F)C(F)(F)C(F)(F)F. The predicted octanol–water partition coefficient (Wildman–Crippen LogP) is 10.4. The van der Waals surface area contributed by atoms with E-state index in [1.807, 2.05) is 12.2 Å². The quantitative estimate of drug-likeness (QED) is 0.0539. The Labute approximate surface area is 319 Å². The van der Waals surface area contributed by atoms with E-state index < -0.39 is 39.2 Å². The fraction of sp³-hybridized carbons (Fsp3) is 0.231. The molecule has 0 N–H and O–H groups in total. The Morgan fingerprint density at radius 3 is 1.62 bits per heavy atom. The molecule has 0 aliphatic carbocycles. The molecule has 0 aliphatic heterocycles. The molecule has 5 aromatic rings. The third kappa shape index (κ3) is 8.71. The first-order chi connectivity index (χ1) is 26.1. The number of hydrogen-bond acceptors (Lipinski definition) is 6. The maximum atomic E-state index is 12.2. The molecule has 0 heterocycles. The van der Waals surface area contributed by atoms with Crippen molar-refractivity contribution in [2.24, 2.45) is 0 Å². The molecule has 5 rings (SSSR count). The van der Waals surface area contributed by atoms with Gasteiger partial charge in [-0.15, -0.1) is 0 Å². The topological polar surface area (TPSA) is 84.9 Å². The van der Waals surface area contributed by atoms with E-state index >= 15 is 0 Å². The number of methoxy groups -OCH3 is 3. The Kier molecular flexibility index (Phi) is 13.3. The number of halogens is 9. The molecule has 0 radical (unpaired) electrons. The highest BCUT2D eigenvalue weighted by molar-refractivity contribution is 7.97. The first kappa shape index (κ1) is 44.2. The van der Waals surface area contributed by atoms with Gasteiger partial charge >= 0.3 is 23.3 Å². The minimum Gasteiger partial charge on any atom is -0.743 e. The standard InChI is InChI=1S/C35H33O3S.C4HF9O3S/c1-26-15-17-27(18-16-26)23-24-35(37-3,38-4)29-20-21-32-28(25-29)19-22-33(36-2)34(32)39(30-11-7-5-8-12-30)31-13-9-6-10-14-31;5-1(6,3(9,10)11)2(7,8)4(12,13)17(14,15)16/h5-25H,1-4H3;(H,14,15,16)/q+1;/p-1. The maximum Gasteiger partial charge on any atom is 0.460 e. The molecule has 300 valence electrons. The summed E-state index contributed by atoms with van der Waals surface area (Å²) in [6.07, 6.45) is -3.15. The van der Waals surface area contributed by atoms with Crippen LogP contribution in [-0.2, 0) is 36.3 Å². The van der Waals surface area contributed by atoms with Crippen molar-refractivity contribution in [2.45, 2.75) is 50.7 Å². The van der Waals surface area contributed by atoms with Gasteiger partial charge in [-0.05, 0) is 66.4 Å². The lowest BCUT2D eigenvalue weighted by Gasteiger charge is -2.34. The molecule has 0 spiro atoms. The van der Waals surface area contributed by atoms with Crippen LogP contribution in [0.1, 0.15) is 16.7 Å². The van der Waals surface area contributed by atoms with Crippen molar-refractivity contribution in [3.05, 3.63) is 138 Å². The molecular formula is C39H33F9O6S2. The summed E-state index contributed by atoms with van der Waals surface area (Å²) < 4.78 is 153. The minimum absolute atomic E-state index is 0.364. The van der Waals surface area contributed by atoms with Gasteiger partial charge in [0.1, 0.15) is 10.9 Å². The van der Waals surface area contributed by atoms with Crippen molar-refractivity contribution in [1.29, 1.82) is 0 Å². The second kappa shape index (κ2) is 16.9. The van der Waals surface area contributed by atoms with Crippen LogP contribution >= 0.6 is 0 Å². The highest BCUT2D eigenvalue weighted by Gasteiger charge is 2.83. The lowest BCUT2D eigenvalue weighted by atomic mass is 9.99. The van der Waals surface area contributed by atoms with Gasteiger partial charge in [0.05, 0.1) is 7.11 Å². The first-order valence-electron chi connectivity index (χ1n) is 16.1. The second-order valence-electron chi connectivity index (χ2n) is 11.9. The Balaban J connectivity index is 0.000000347. The highest BCUT2D eigenvalue weighted by Crippen LogP contribution is 2.54. The Morgan fingerprint density at radius 1 is 0.661 bits per heavy atom. The number of ether oxygens (including phenoxy) is 3. The van der Waals surface area contributed by atoms with E-state index in [9.17, 15) is 52.5 Å². The monoisotopic (exact) mass is 832 g/mol. The Bertz CT molecular complexity index is 2190. The molecule has 17 heteroatoms. The van der Waals surface area contributed by atoms with Crippen molar-refractivity contribution in [3.8, 4) is 5.75 Å². The van der Waals surface area contributed by atoms with Crippen molar-refractivity contribution >= 4 is 37.9 Å². The van der Waals surface area contributed by atoms with Gasteiger partial charge in [0.15, 0.2) is 25.7 Å². The number of benzene rings is 5. The molecule has 0 amide bonds. The van der Waals surface area contributed by atoms with Crippen LogP contribution in [0.4, 0.5) is 39.5 Å². The molecule has 5 aromatic carbocycles. The van der Waals surface area contributed by atoms with Crippen molar-refractivity contribution in [2.75, 3.05) is 21.3 Å².